The molecule has 1 fully saturated rings. The van der Waals surface area contributed by atoms with Crippen LogP contribution in [0, 0.1) is 5.92 Å². The van der Waals surface area contributed by atoms with Crippen LogP contribution in [0.25, 0.3) is 11.0 Å². The molecule has 7 nitrogen and oxygen atoms in total. The number of nitrogens with one attached hydrogen (secondary N) is 2. The van der Waals surface area contributed by atoms with Gasteiger partial charge in [-0.1, -0.05) is 18.2 Å². The molecular weight excluding hydrogens is 437 g/mol. The summed E-state index contributed by atoms with van der Waals surface area (Å²) < 4.78 is 3.84. The average Bonchev–Trinajstić information content (AvgIpc) is 3.11. The number of para-hydroxylation sites is 2. The van der Waals surface area contributed by atoms with Gasteiger partial charge < -0.3 is 15.2 Å². The molecule has 166 valence electrons. The van der Waals surface area contributed by atoms with E-state index in [1.165, 1.54) is 0 Å². The average molecular weight is 464 g/mol. The van der Waals surface area contributed by atoms with E-state index in [0.29, 0.717) is 6.54 Å². The number of amides is 1. The van der Waals surface area contributed by atoms with Crippen LogP contribution in [0.5, 0.6) is 0 Å². The lowest BCUT2D eigenvalue weighted by Crippen LogP contribution is -2.52. The molecule has 0 spiro atoms. The van der Waals surface area contributed by atoms with Gasteiger partial charge in [-0.3, -0.25) is 14.2 Å². The molecule has 9 heteroatoms. The van der Waals surface area contributed by atoms with Crippen molar-refractivity contribution in [3.05, 3.63) is 64.3 Å². The van der Waals surface area contributed by atoms with Crippen LogP contribution in [-0.2, 0) is 17.9 Å². The number of hydrogen-bond acceptors (Lipinski definition) is 4. The van der Waals surface area contributed by atoms with Crippen molar-refractivity contribution < 1.29 is 4.79 Å². The number of nitrogens with zero attached hydrogens (tertiary/aromatic N) is 3. The van der Waals surface area contributed by atoms with Crippen LogP contribution in [0.3, 0.4) is 0 Å². The molecule has 2 aliphatic rings. The second-order valence-corrected chi connectivity index (χ2v) is 7.93. The molecule has 31 heavy (non-hydrogen) atoms. The van der Waals surface area contributed by atoms with Crippen molar-refractivity contribution in [1.82, 2.24) is 24.8 Å². The van der Waals surface area contributed by atoms with Crippen molar-refractivity contribution in [2.75, 3.05) is 13.1 Å². The van der Waals surface area contributed by atoms with Crippen LogP contribution in [0.15, 0.2) is 47.3 Å². The number of rotatable bonds is 4. The first kappa shape index (κ1) is 23.3. The Balaban J connectivity index is 0.00000136. The van der Waals surface area contributed by atoms with Crippen molar-refractivity contribution in [3.8, 4) is 0 Å². The van der Waals surface area contributed by atoms with Gasteiger partial charge in [0.05, 0.1) is 17.6 Å². The van der Waals surface area contributed by atoms with E-state index in [1.807, 2.05) is 30.3 Å². The molecule has 0 aliphatic carbocycles. The van der Waals surface area contributed by atoms with Gasteiger partial charge in [0, 0.05) is 43.2 Å². The summed E-state index contributed by atoms with van der Waals surface area (Å²) in [6.45, 7) is 4.81. The van der Waals surface area contributed by atoms with Crippen LogP contribution in [0.2, 0.25) is 0 Å². The fourth-order valence-electron chi connectivity index (χ4n) is 5.01. The Labute approximate surface area is 193 Å². The summed E-state index contributed by atoms with van der Waals surface area (Å²) in [5, 5.41) is 6.50. The highest BCUT2D eigenvalue weighted by atomic mass is 35.5. The zero-order valence-electron chi connectivity index (χ0n) is 17.3. The Kier molecular flexibility index (Phi) is 7.09. The molecule has 0 radical (unpaired) electrons. The maximum absolute atomic E-state index is 13.3. The minimum atomic E-state index is -0.484. The number of aromatic nitrogens is 3. The lowest BCUT2D eigenvalue weighted by atomic mass is 9.79. The minimum absolute atomic E-state index is 0. The summed E-state index contributed by atoms with van der Waals surface area (Å²) in [5.74, 6) is 1.13. The number of carbonyl (C=O) groups is 1. The maximum atomic E-state index is 13.3. The number of halogens is 2. The first-order chi connectivity index (χ1) is 14.2. The van der Waals surface area contributed by atoms with Crippen molar-refractivity contribution >= 4 is 41.8 Å². The van der Waals surface area contributed by atoms with E-state index in [-0.39, 0.29) is 48.1 Å². The highest BCUT2D eigenvalue weighted by Gasteiger charge is 2.41. The van der Waals surface area contributed by atoms with Gasteiger partial charge in [-0.15, -0.1) is 24.8 Å². The number of fused-ring (bicyclic) bond motifs is 5. The van der Waals surface area contributed by atoms with Gasteiger partial charge in [-0.25, -0.2) is 4.98 Å². The number of carbonyl (C=O) groups excluding carboxylic acids is 1. The molecule has 1 saturated heterocycles. The molecule has 2 aromatic heterocycles. The van der Waals surface area contributed by atoms with Gasteiger partial charge in [-0.05, 0) is 31.5 Å². The lowest BCUT2D eigenvalue weighted by Gasteiger charge is -2.42. The first-order valence-electron chi connectivity index (χ1n) is 10.3. The lowest BCUT2D eigenvalue weighted by molar-refractivity contribution is -0.127. The van der Waals surface area contributed by atoms with Crippen molar-refractivity contribution in [2.24, 2.45) is 5.92 Å². The SMILES string of the molecule is CCn1c(CNC(=O)[C@H]2[C@@H]3CNC[C@@H](C3)c3cccc(=O)n32)nc2ccccc21.Cl.Cl. The summed E-state index contributed by atoms with van der Waals surface area (Å²) in [5.41, 5.74) is 2.86. The molecule has 1 amide bonds. The second-order valence-electron chi connectivity index (χ2n) is 7.93. The van der Waals surface area contributed by atoms with Gasteiger partial charge in [-0.2, -0.15) is 0 Å². The molecule has 2 bridgehead atoms. The molecule has 4 heterocycles. The Morgan fingerprint density at radius 1 is 1.16 bits per heavy atom. The van der Waals surface area contributed by atoms with E-state index in [1.54, 1.807) is 16.7 Å². The van der Waals surface area contributed by atoms with E-state index in [4.69, 9.17) is 4.98 Å². The Bertz CT molecular complexity index is 1140. The number of hydrogen-bond donors (Lipinski definition) is 2. The van der Waals surface area contributed by atoms with Gasteiger partial charge in [0.2, 0.25) is 5.91 Å². The van der Waals surface area contributed by atoms with Gasteiger partial charge in [0.25, 0.3) is 5.56 Å². The highest BCUT2D eigenvalue weighted by Crippen LogP contribution is 2.38. The normalized spacial score (nSPS) is 21.5. The maximum Gasteiger partial charge on any atom is 0.251 e. The summed E-state index contributed by atoms with van der Waals surface area (Å²) in [4.78, 5) is 30.6. The van der Waals surface area contributed by atoms with E-state index in [9.17, 15) is 9.59 Å². The van der Waals surface area contributed by atoms with Crippen LogP contribution in [-0.4, -0.2) is 33.1 Å². The van der Waals surface area contributed by atoms with E-state index < -0.39 is 6.04 Å². The molecule has 3 aromatic rings. The Morgan fingerprint density at radius 2 is 1.97 bits per heavy atom. The first-order valence-corrected chi connectivity index (χ1v) is 10.3. The summed E-state index contributed by atoms with van der Waals surface area (Å²) >= 11 is 0. The van der Waals surface area contributed by atoms with Crippen LogP contribution in [0.4, 0.5) is 0 Å². The third kappa shape index (κ3) is 3.97. The molecule has 0 saturated carbocycles. The predicted octanol–water partition coefficient (Wildman–Crippen LogP) is 2.63. The third-order valence-corrected chi connectivity index (χ3v) is 6.29. The smallest absolute Gasteiger partial charge is 0.251 e. The molecule has 2 aliphatic heterocycles. The zero-order chi connectivity index (χ0) is 20.0. The number of benzene rings is 1. The molecule has 1 aromatic carbocycles. The van der Waals surface area contributed by atoms with Crippen LogP contribution in [0.1, 0.15) is 36.8 Å². The van der Waals surface area contributed by atoms with E-state index in [2.05, 4.69) is 22.1 Å². The van der Waals surface area contributed by atoms with E-state index >= 15 is 0 Å². The van der Waals surface area contributed by atoms with Crippen LogP contribution < -0.4 is 16.2 Å². The topological polar surface area (TPSA) is 81.0 Å². The fourth-order valence-corrected chi connectivity index (χ4v) is 5.01. The van der Waals surface area contributed by atoms with E-state index in [0.717, 1.165) is 48.6 Å². The number of pyridine rings is 1. The zero-order valence-corrected chi connectivity index (χ0v) is 18.9. The summed E-state index contributed by atoms with van der Waals surface area (Å²) in [7, 11) is 0. The van der Waals surface area contributed by atoms with Crippen molar-refractivity contribution in [1.29, 1.82) is 0 Å². The highest BCUT2D eigenvalue weighted by molar-refractivity contribution is 5.85. The number of aryl methyl sites for hydroxylation is 1. The van der Waals surface area contributed by atoms with Crippen molar-refractivity contribution in [2.45, 2.75) is 38.4 Å². The Morgan fingerprint density at radius 3 is 2.77 bits per heavy atom. The van der Waals surface area contributed by atoms with Gasteiger partial charge >= 0.3 is 0 Å². The van der Waals surface area contributed by atoms with Crippen molar-refractivity contribution in [3.63, 3.8) is 0 Å². The minimum Gasteiger partial charge on any atom is -0.347 e. The third-order valence-electron chi connectivity index (χ3n) is 6.29. The quantitative estimate of drug-likeness (QED) is 0.622. The number of piperidine rings is 1. The number of imidazole rings is 1. The standard InChI is InChI=1S/C22H25N5O2.2ClH/c1-2-26-18-7-4-3-6-16(18)25-19(26)13-24-22(29)21-15-10-14(11-23-12-15)17-8-5-9-20(28)27(17)21;;/h3-9,14-15,21,23H,2,10-13H2,1H3,(H,24,29);2*1H/t14-,15+,21-;;/m1../s1. The largest absolute Gasteiger partial charge is 0.347 e. The second kappa shape index (κ2) is 9.42. The van der Waals surface area contributed by atoms with Gasteiger partial charge in [0.15, 0.2) is 0 Å². The molecule has 5 rings (SSSR count). The molecule has 3 atom stereocenters. The molecular formula is C22H27Cl2N5O2. The Hall–Kier alpha value is -2.35. The van der Waals surface area contributed by atoms with Crippen LogP contribution >= 0.6 is 24.8 Å². The van der Waals surface area contributed by atoms with Gasteiger partial charge in [0.1, 0.15) is 11.9 Å². The predicted molar refractivity (Wildman–Crippen MR) is 125 cm³/mol. The monoisotopic (exact) mass is 463 g/mol. The molecule has 0 unspecified atom stereocenters. The molecule has 2 N–H and O–H groups in total. The summed E-state index contributed by atoms with van der Waals surface area (Å²) in [6, 6.07) is 12.8. The fraction of sp³-hybridized carbons (Fsp3) is 0.409. The summed E-state index contributed by atoms with van der Waals surface area (Å²) in [6.07, 6.45) is 0.933.